The van der Waals surface area contributed by atoms with Crippen LogP contribution in [0.5, 0.6) is 5.75 Å². The molecule has 4 rings (SSSR count). The Labute approximate surface area is 166 Å². The van der Waals surface area contributed by atoms with Gasteiger partial charge in [-0.1, -0.05) is 37.6 Å². The molecule has 2 aliphatic rings. The Morgan fingerprint density at radius 3 is 2.61 bits per heavy atom. The number of hydrogen-bond acceptors (Lipinski definition) is 1. The highest BCUT2D eigenvalue weighted by atomic mass is 19.2. The summed E-state index contributed by atoms with van der Waals surface area (Å²) in [6, 6.07) is 7.51. The lowest BCUT2D eigenvalue weighted by molar-refractivity contribution is 0.124. The molecule has 0 N–H and O–H groups in total. The number of ether oxygens (including phenoxy) is 1. The maximum Gasteiger partial charge on any atom is 0.201 e. The van der Waals surface area contributed by atoms with E-state index in [1.54, 1.807) is 12.1 Å². The third-order valence-electron chi connectivity index (χ3n) is 6.93. The second-order valence-electron chi connectivity index (χ2n) is 8.81. The topological polar surface area (TPSA) is 9.23 Å². The number of rotatable bonds is 4. The van der Waals surface area contributed by atoms with Gasteiger partial charge in [0.25, 0.3) is 0 Å². The van der Waals surface area contributed by atoms with Crippen LogP contribution in [0, 0.1) is 29.4 Å². The molecule has 2 saturated carbocycles. The number of halogens is 2. The van der Waals surface area contributed by atoms with Crippen LogP contribution >= 0.6 is 0 Å². The predicted octanol–water partition coefficient (Wildman–Crippen LogP) is 7.39. The van der Waals surface area contributed by atoms with Crippen molar-refractivity contribution >= 4 is 10.8 Å². The van der Waals surface area contributed by atoms with Crippen molar-refractivity contribution in [2.75, 3.05) is 6.61 Å². The molecular weight excluding hydrogens is 354 g/mol. The summed E-state index contributed by atoms with van der Waals surface area (Å²) >= 11 is 0. The molecule has 28 heavy (non-hydrogen) atoms. The molecule has 0 radical (unpaired) electrons. The summed E-state index contributed by atoms with van der Waals surface area (Å²) in [6.07, 6.45) is 11.2. The zero-order valence-corrected chi connectivity index (χ0v) is 16.9. The van der Waals surface area contributed by atoms with Gasteiger partial charge in [0.05, 0.1) is 0 Å². The SMILES string of the molecule is C/C=C/COc1cc2ccc(C3CCC4CC(C)CCC4C3)cc2c(F)c1F. The van der Waals surface area contributed by atoms with E-state index in [0.29, 0.717) is 16.7 Å². The molecule has 2 aromatic rings. The van der Waals surface area contributed by atoms with E-state index >= 15 is 0 Å². The molecule has 0 amide bonds. The Balaban J connectivity index is 1.58. The zero-order valence-electron chi connectivity index (χ0n) is 16.9. The van der Waals surface area contributed by atoms with Gasteiger partial charge >= 0.3 is 0 Å². The fraction of sp³-hybridized carbons (Fsp3) is 0.520. The van der Waals surface area contributed by atoms with E-state index in [-0.39, 0.29) is 12.4 Å². The van der Waals surface area contributed by atoms with Crippen LogP contribution in [-0.2, 0) is 0 Å². The highest BCUT2D eigenvalue weighted by Crippen LogP contribution is 2.47. The molecule has 2 aromatic carbocycles. The molecule has 0 heterocycles. The first-order valence-electron chi connectivity index (χ1n) is 10.7. The van der Waals surface area contributed by atoms with Gasteiger partial charge in [-0.25, -0.2) is 4.39 Å². The molecule has 0 spiro atoms. The highest BCUT2D eigenvalue weighted by molar-refractivity contribution is 5.85. The van der Waals surface area contributed by atoms with Crippen LogP contribution < -0.4 is 4.74 Å². The van der Waals surface area contributed by atoms with Crippen molar-refractivity contribution in [2.45, 2.75) is 58.3 Å². The van der Waals surface area contributed by atoms with Gasteiger partial charge in [0.2, 0.25) is 5.82 Å². The van der Waals surface area contributed by atoms with Crippen molar-refractivity contribution in [1.82, 2.24) is 0 Å². The summed E-state index contributed by atoms with van der Waals surface area (Å²) in [4.78, 5) is 0. The summed E-state index contributed by atoms with van der Waals surface area (Å²) < 4.78 is 34.6. The average molecular weight is 385 g/mol. The van der Waals surface area contributed by atoms with E-state index in [0.717, 1.165) is 29.7 Å². The lowest BCUT2D eigenvalue weighted by Crippen LogP contribution is -2.29. The largest absolute Gasteiger partial charge is 0.486 e. The van der Waals surface area contributed by atoms with Gasteiger partial charge in [0, 0.05) is 5.39 Å². The number of allylic oxidation sites excluding steroid dienone is 1. The lowest BCUT2D eigenvalue weighted by atomic mass is 9.64. The molecule has 3 heteroatoms. The monoisotopic (exact) mass is 384 g/mol. The van der Waals surface area contributed by atoms with E-state index in [4.69, 9.17) is 4.74 Å². The van der Waals surface area contributed by atoms with Crippen LogP contribution in [0.15, 0.2) is 36.4 Å². The first-order chi connectivity index (χ1) is 13.6. The molecule has 0 saturated heterocycles. The van der Waals surface area contributed by atoms with Crippen LogP contribution in [0.3, 0.4) is 0 Å². The maximum absolute atomic E-state index is 14.8. The van der Waals surface area contributed by atoms with E-state index in [1.807, 2.05) is 25.1 Å². The van der Waals surface area contributed by atoms with Crippen molar-refractivity contribution < 1.29 is 13.5 Å². The second-order valence-corrected chi connectivity index (χ2v) is 8.81. The standard InChI is InChI=1S/C25H30F2O/c1-3-4-11-28-23-15-21-10-9-20(14-22(21)24(26)25(23)27)19-8-7-17-12-16(2)5-6-18(17)13-19/h3-4,9-10,14-19H,5-8,11-13H2,1-2H3/b4-3+. The van der Waals surface area contributed by atoms with Crippen LogP contribution in [0.1, 0.15) is 63.9 Å². The molecule has 4 unspecified atom stereocenters. The van der Waals surface area contributed by atoms with Crippen molar-refractivity contribution in [3.8, 4) is 5.75 Å². The van der Waals surface area contributed by atoms with Crippen molar-refractivity contribution in [3.05, 3.63) is 53.6 Å². The van der Waals surface area contributed by atoms with Crippen molar-refractivity contribution in [3.63, 3.8) is 0 Å². The van der Waals surface area contributed by atoms with Gasteiger partial charge in [0.15, 0.2) is 11.6 Å². The molecular formula is C25H30F2O. The zero-order chi connectivity index (χ0) is 19.7. The Hall–Kier alpha value is -1.90. The average Bonchev–Trinajstić information content (AvgIpc) is 2.71. The Kier molecular flexibility index (Phi) is 5.70. The fourth-order valence-corrected chi connectivity index (χ4v) is 5.34. The van der Waals surface area contributed by atoms with Crippen LogP contribution in [-0.4, -0.2) is 6.61 Å². The lowest BCUT2D eigenvalue weighted by Gasteiger charge is -2.41. The summed E-state index contributed by atoms with van der Waals surface area (Å²) in [6.45, 7) is 4.47. The van der Waals surface area contributed by atoms with E-state index in [9.17, 15) is 8.78 Å². The number of fused-ring (bicyclic) bond motifs is 2. The van der Waals surface area contributed by atoms with Crippen LogP contribution in [0.25, 0.3) is 10.8 Å². The van der Waals surface area contributed by atoms with Crippen LogP contribution in [0.4, 0.5) is 8.78 Å². The quantitative estimate of drug-likeness (QED) is 0.499. The molecule has 4 atom stereocenters. The summed E-state index contributed by atoms with van der Waals surface area (Å²) in [7, 11) is 0. The first-order valence-corrected chi connectivity index (χ1v) is 10.7. The minimum absolute atomic E-state index is 0.0207. The Morgan fingerprint density at radius 2 is 1.79 bits per heavy atom. The van der Waals surface area contributed by atoms with E-state index < -0.39 is 11.6 Å². The summed E-state index contributed by atoms with van der Waals surface area (Å²) in [5.41, 5.74) is 1.16. The minimum atomic E-state index is -0.890. The molecule has 2 fully saturated rings. The molecule has 0 aromatic heterocycles. The van der Waals surface area contributed by atoms with Gasteiger partial charge in [-0.15, -0.1) is 0 Å². The van der Waals surface area contributed by atoms with Gasteiger partial charge < -0.3 is 4.74 Å². The van der Waals surface area contributed by atoms with Crippen molar-refractivity contribution in [1.29, 1.82) is 0 Å². The van der Waals surface area contributed by atoms with Crippen molar-refractivity contribution in [2.24, 2.45) is 17.8 Å². The maximum atomic E-state index is 14.8. The summed E-state index contributed by atoms with van der Waals surface area (Å²) in [5.74, 6) is 1.29. The Bertz CT molecular complexity index is 872. The molecule has 150 valence electrons. The highest BCUT2D eigenvalue weighted by Gasteiger charge is 2.34. The normalized spacial score (nSPS) is 27.9. The smallest absolute Gasteiger partial charge is 0.201 e. The Morgan fingerprint density at radius 1 is 1.00 bits per heavy atom. The molecule has 0 aliphatic heterocycles. The van der Waals surface area contributed by atoms with Crippen LogP contribution in [0.2, 0.25) is 0 Å². The van der Waals surface area contributed by atoms with Gasteiger partial charge in [-0.2, -0.15) is 4.39 Å². The third-order valence-corrected chi connectivity index (χ3v) is 6.93. The first kappa shape index (κ1) is 19.4. The summed E-state index contributed by atoms with van der Waals surface area (Å²) in [5, 5.41) is 1.06. The molecule has 1 nitrogen and oxygen atoms in total. The fourth-order valence-electron chi connectivity index (χ4n) is 5.34. The number of hydrogen-bond donors (Lipinski definition) is 0. The van der Waals surface area contributed by atoms with Gasteiger partial charge in [-0.05, 0) is 85.8 Å². The van der Waals surface area contributed by atoms with Gasteiger partial charge in [0.1, 0.15) is 6.61 Å². The minimum Gasteiger partial charge on any atom is -0.486 e. The predicted molar refractivity (Wildman–Crippen MR) is 111 cm³/mol. The van der Waals surface area contributed by atoms with E-state index in [1.165, 1.54) is 32.1 Å². The third kappa shape index (κ3) is 3.81. The molecule has 0 bridgehead atoms. The second kappa shape index (κ2) is 8.23. The van der Waals surface area contributed by atoms with E-state index in [2.05, 4.69) is 13.0 Å². The number of benzene rings is 2. The van der Waals surface area contributed by atoms with Gasteiger partial charge in [-0.3, -0.25) is 0 Å². The molecule has 2 aliphatic carbocycles.